The Kier molecular flexibility index (Phi) is 5.15. The molecule has 0 fully saturated rings. The van der Waals surface area contributed by atoms with E-state index >= 15 is 0 Å². The van der Waals surface area contributed by atoms with Gasteiger partial charge in [0, 0.05) is 12.6 Å². The van der Waals surface area contributed by atoms with E-state index in [1.54, 1.807) is 36.4 Å². The molecule has 24 heavy (non-hydrogen) atoms. The number of halogens is 1. The summed E-state index contributed by atoms with van der Waals surface area (Å²) in [5.41, 5.74) is 0.656. The van der Waals surface area contributed by atoms with Crippen LogP contribution in [0.15, 0.2) is 42.5 Å². The van der Waals surface area contributed by atoms with Crippen LogP contribution < -0.4 is 19.5 Å². The third kappa shape index (κ3) is 4.16. The minimum Gasteiger partial charge on any atom is -0.484 e. The second-order valence-electron chi connectivity index (χ2n) is 5.35. The fraction of sp³-hybridized carbons (Fsp3) is 0.278. The first-order valence-corrected chi connectivity index (χ1v) is 7.75. The Hall–Kier alpha value is -2.76. The SMILES string of the molecule is O=C(COc1ccc2c(c1)OCO2)NCCCc1ccccc1F. The van der Waals surface area contributed by atoms with Crippen molar-refractivity contribution in [2.75, 3.05) is 19.9 Å². The van der Waals surface area contributed by atoms with E-state index in [0.717, 1.165) is 0 Å². The summed E-state index contributed by atoms with van der Waals surface area (Å²) >= 11 is 0. The predicted molar refractivity (Wildman–Crippen MR) is 85.8 cm³/mol. The molecule has 0 atom stereocenters. The van der Waals surface area contributed by atoms with Crippen molar-refractivity contribution in [3.05, 3.63) is 53.8 Å². The summed E-state index contributed by atoms with van der Waals surface area (Å²) < 4.78 is 29.3. The first kappa shape index (κ1) is 16.1. The molecule has 0 bridgehead atoms. The summed E-state index contributed by atoms with van der Waals surface area (Å²) in [7, 11) is 0. The van der Waals surface area contributed by atoms with Crippen LogP contribution in [0.1, 0.15) is 12.0 Å². The van der Waals surface area contributed by atoms with Crippen LogP contribution in [0.3, 0.4) is 0 Å². The molecule has 2 aromatic carbocycles. The summed E-state index contributed by atoms with van der Waals surface area (Å²) in [6.45, 7) is 0.582. The van der Waals surface area contributed by atoms with E-state index in [0.29, 0.717) is 42.2 Å². The zero-order valence-electron chi connectivity index (χ0n) is 13.1. The molecular weight excluding hydrogens is 313 g/mol. The Morgan fingerprint density at radius 1 is 1.17 bits per heavy atom. The summed E-state index contributed by atoms with van der Waals surface area (Å²) in [6.07, 6.45) is 1.24. The Labute approximate surface area is 139 Å². The van der Waals surface area contributed by atoms with Crippen LogP contribution in [-0.4, -0.2) is 25.9 Å². The predicted octanol–water partition coefficient (Wildman–Crippen LogP) is 2.68. The molecule has 1 amide bonds. The number of benzene rings is 2. The molecule has 2 aromatic rings. The lowest BCUT2D eigenvalue weighted by Gasteiger charge is -2.08. The standard InChI is InChI=1S/C18H18FNO4/c19-15-6-2-1-4-13(15)5-3-9-20-18(21)11-22-14-7-8-16-17(10-14)24-12-23-16/h1-2,4,6-8,10H,3,5,9,11-12H2,(H,20,21). The third-order valence-electron chi connectivity index (χ3n) is 3.62. The van der Waals surface area contributed by atoms with Crippen LogP contribution in [0, 0.1) is 5.82 Å². The molecule has 1 aliphatic heterocycles. The van der Waals surface area contributed by atoms with Crippen LogP contribution in [0.4, 0.5) is 4.39 Å². The molecule has 1 N–H and O–H groups in total. The summed E-state index contributed by atoms with van der Waals surface area (Å²) in [4.78, 5) is 11.8. The number of rotatable bonds is 7. The number of amides is 1. The van der Waals surface area contributed by atoms with Gasteiger partial charge in [-0.1, -0.05) is 18.2 Å². The Balaban J connectivity index is 1.36. The monoisotopic (exact) mass is 331 g/mol. The lowest BCUT2D eigenvalue weighted by Crippen LogP contribution is -2.29. The van der Waals surface area contributed by atoms with Crippen molar-refractivity contribution in [3.63, 3.8) is 0 Å². The molecule has 1 aliphatic rings. The van der Waals surface area contributed by atoms with Gasteiger partial charge in [-0.2, -0.15) is 0 Å². The van der Waals surface area contributed by atoms with Crippen LogP contribution in [-0.2, 0) is 11.2 Å². The zero-order chi connectivity index (χ0) is 16.8. The van der Waals surface area contributed by atoms with Crippen LogP contribution in [0.25, 0.3) is 0 Å². The normalized spacial score (nSPS) is 12.0. The first-order valence-electron chi connectivity index (χ1n) is 7.75. The minimum absolute atomic E-state index is 0.0840. The molecule has 0 unspecified atom stereocenters. The smallest absolute Gasteiger partial charge is 0.257 e. The molecule has 0 aliphatic carbocycles. The van der Waals surface area contributed by atoms with E-state index in [9.17, 15) is 9.18 Å². The Morgan fingerprint density at radius 2 is 2.00 bits per heavy atom. The van der Waals surface area contributed by atoms with Gasteiger partial charge < -0.3 is 19.5 Å². The van der Waals surface area contributed by atoms with E-state index in [4.69, 9.17) is 14.2 Å². The lowest BCUT2D eigenvalue weighted by molar-refractivity contribution is -0.123. The van der Waals surface area contributed by atoms with Gasteiger partial charge in [0.1, 0.15) is 11.6 Å². The maximum Gasteiger partial charge on any atom is 0.257 e. The van der Waals surface area contributed by atoms with Gasteiger partial charge in [-0.05, 0) is 36.6 Å². The highest BCUT2D eigenvalue weighted by molar-refractivity contribution is 5.77. The van der Waals surface area contributed by atoms with Crippen molar-refractivity contribution in [3.8, 4) is 17.2 Å². The van der Waals surface area contributed by atoms with Gasteiger partial charge >= 0.3 is 0 Å². The average Bonchev–Trinajstić information content (AvgIpc) is 3.06. The fourth-order valence-corrected chi connectivity index (χ4v) is 2.37. The van der Waals surface area contributed by atoms with Crippen molar-refractivity contribution in [1.82, 2.24) is 5.32 Å². The highest BCUT2D eigenvalue weighted by atomic mass is 19.1. The van der Waals surface area contributed by atoms with E-state index in [2.05, 4.69) is 5.32 Å². The Morgan fingerprint density at radius 3 is 2.88 bits per heavy atom. The molecule has 126 valence electrons. The van der Waals surface area contributed by atoms with Crippen LogP contribution in [0.2, 0.25) is 0 Å². The highest BCUT2D eigenvalue weighted by Crippen LogP contribution is 2.34. The molecule has 1 heterocycles. The van der Waals surface area contributed by atoms with E-state index in [1.165, 1.54) is 6.07 Å². The molecule has 3 rings (SSSR count). The van der Waals surface area contributed by atoms with Crippen molar-refractivity contribution in [2.24, 2.45) is 0 Å². The summed E-state index contributed by atoms with van der Waals surface area (Å²) in [5.74, 6) is 1.38. The average molecular weight is 331 g/mol. The van der Waals surface area contributed by atoms with Crippen LogP contribution in [0.5, 0.6) is 17.2 Å². The summed E-state index contributed by atoms with van der Waals surface area (Å²) in [5, 5.41) is 2.75. The molecular formula is C18H18FNO4. The number of aryl methyl sites for hydroxylation is 1. The number of ether oxygens (including phenoxy) is 3. The van der Waals surface area contributed by atoms with Crippen molar-refractivity contribution in [2.45, 2.75) is 12.8 Å². The highest BCUT2D eigenvalue weighted by Gasteiger charge is 2.14. The molecule has 0 radical (unpaired) electrons. The minimum atomic E-state index is -0.221. The number of hydrogen-bond acceptors (Lipinski definition) is 4. The van der Waals surface area contributed by atoms with Crippen LogP contribution >= 0.6 is 0 Å². The fourth-order valence-electron chi connectivity index (χ4n) is 2.37. The van der Waals surface area contributed by atoms with Gasteiger partial charge in [-0.15, -0.1) is 0 Å². The van der Waals surface area contributed by atoms with E-state index in [1.807, 2.05) is 0 Å². The van der Waals surface area contributed by atoms with Gasteiger partial charge in [-0.25, -0.2) is 4.39 Å². The molecule has 6 heteroatoms. The van der Waals surface area contributed by atoms with Gasteiger partial charge in [0.25, 0.3) is 5.91 Å². The third-order valence-corrected chi connectivity index (χ3v) is 3.62. The molecule has 0 aromatic heterocycles. The van der Waals surface area contributed by atoms with Crippen molar-refractivity contribution in [1.29, 1.82) is 0 Å². The van der Waals surface area contributed by atoms with Gasteiger partial charge in [0.05, 0.1) is 0 Å². The number of carbonyl (C=O) groups excluding carboxylic acids is 1. The zero-order valence-corrected chi connectivity index (χ0v) is 13.1. The topological polar surface area (TPSA) is 56.8 Å². The molecule has 0 spiro atoms. The van der Waals surface area contributed by atoms with Gasteiger partial charge in [-0.3, -0.25) is 4.79 Å². The second kappa shape index (κ2) is 7.68. The number of fused-ring (bicyclic) bond motifs is 1. The van der Waals surface area contributed by atoms with Crippen molar-refractivity contribution >= 4 is 5.91 Å². The van der Waals surface area contributed by atoms with Gasteiger partial charge in [0.15, 0.2) is 18.1 Å². The quantitative estimate of drug-likeness (QED) is 0.793. The maximum atomic E-state index is 13.5. The number of carbonyl (C=O) groups is 1. The maximum absolute atomic E-state index is 13.5. The second-order valence-corrected chi connectivity index (χ2v) is 5.35. The van der Waals surface area contributed by atoms with Gasteiger partial charge in [0.2, 0.25) is 6.79 Å². The lowest BCUT2D eigenvalue weighted by atomic mass is 10.1. The van der Waals surface area contributed by atoms with E-state index < -0.39 is 0 Å². The molecule has 5 nitrogen and oxygen atoms in total. The Bertz CT molecular complexity index is 720. The molecule has 0 saturated carbocycles. The summed E-state index contributed by atoms with van der Waals surface area (Å²) in [6, 6.07) is 11.8. The first-order chi connectivity index (χ1) is 11.7. The number of hydrogen-bond donors (Lipinski definition) is 1. The number of nitrogens with one attached hydrogen (secondary N) is 1. The van der Waals surface area contributed by atoms with E-state index in [-0.39, 0.29) is 25.1 Å². The van der Waals surface area contributed by atoms with Crippen molar-refractivity contribution < 1.29 is 23.4 Å². The largest absolute Gasteiger partial charge is 0.484 e. The molecule has 0 saturated heterocycles.